The first kappa shape index (κ1) is 15.4. The van der Waals surface area contributed by atoms with Crippen molar-refractivity contribution in [3.63, 3.8) is 0 Å². The molecule has 1 fully saturated rings. The Bertz CT molecular complexity index is 701. The van der Waals surface area contributed by atoms with Crippen molar-refractivity contribution in [1.29, 1.82) is 0 Å². The van der Waals surface area contributed by atoms with Gasteiger partial charge in [0, 0.05) is 42.3 Å². The van der Waals surface area contributed by atoms with Gasteiger partial charge in [0.25, 0.3) is 0 Å². The summed E-state index contributed by atoms with van der Waals surface area (Å²) in [4.78, 5) is 27.4. The molecule has 0 bridgehead atoms. The molecule has 1 aliphatic heterocycles. The molecule has 23 heavy (non-hydrogen) atoms. The molecule has 6 heteroatoms. The Hall–Kier alpha value is -2.50. The molecule has 0 saturated carbocycles. The van der Waals surface area contributed by atoms with Crippen molar-refractivity contribution in [2.24, 2.45) is 0 Å². The van der Waals surface area contributed by atoms with Crippen molar-refractivity contribution in [2.75, 3.05) is 11.9 Å². The van der Waals surface area contributed by atoms with Gasteiger partial charge in [0.15, 0.2) is 5.82 Å². The third kappa shape index (κ3) is 3.31. The van der Waals surface area contributed by atoms with Crippen LogP contribution in [0, 0.1) is 6.92 Å². The van der Waals surface area contributed by atoms with E-state index in [4.69, 9.17) is 0 Å². The summed E-state index contributed by atoms with van der Waals surface area (Å²) in [6, 6.07) is 5.66. The van der Waals surface area contributed by atoms with Crippen LogP contribution in [0.1, 0.15) is 26.0 Å². The van der Waals surface area contributed by atoms with Gasteiger partial charge in [-0.05, 0) is 39.3 Å². The number of anilines is 1. The van der Waals surface area contributed by atoms with Crippen LogP contribution in [0.4, 0.5) is 5.82 Å². The molecule has 2 aromatic heterocycles. The first-order valence-electron chi connectivity index (χ1n) is 7.87. The number of pyridine rings is 1. The van der Waals surface area contributed by atoms with Gasteiger partial charge in [0.1, 0.15) is 11.9 Å². The highest BCUT2D eigenvalue weighted by Gasteiger charge is 2.33. The molecule has 1 saturated heterocycles. The smallest absolute Gasteiger partial charge is 0.245 e. The fourth-order valence-electron chi connectivity index (χ4n) is 2.79. The minimum absolute atomic E-state index is 0.138. The first-order valence-corrected chi connectivity index (χ1v) is 7.87. The quantitative estimate of drug-likeness (QED) is 0.938. The molecule has 120 valence electrons. The maximum atomic E-state index is 12.4. The topological polar surface area (TPSA) is 71.0 Å². The van der Waals surface area contributed by atoms with Crippen LogP contribution in [0.3, 0.4) is 0 Å². The van der Waals surface area contributed by atoms with Crippen molar-refractivity contribution in [3.05, 3.63) is 36.3 Å². The van der Waals surface area contributed by atoms with E-state index < -0.39 is 0 Å². The molecule has 6 nitrogen and oxygen atoms in total. The molecule has 1 unspecified atom stereocenters. The third-order valence-electron chi connectivity index (χ3n) is 3.96. The highest BCUT2D eigenvalue weighted by molar-refractivity contribution is 5.86. The fraction of sp³-hybridized carbons (Fsp3) is 0.412. The van der Waals surface area contributed by atoms with E-state index in [-0.39, 0.29) is 18.0 Å². The van der Waals surface area contributed by atoms with Gasteiger partial charge in [-0.3, -0.25) is 9.78 Å². The Morgan fingerprint density at radius 3 is 2.83 bits per heavy atom. The maximum Gasteiger partial charge on any atom is 0.245 e. The largest absolute Gasteiger partial charge is 0.358 e. The van der Waals surface area contributed by atoms with Crippen molar-refractivity contribution in [1.82, 2.24) is 19.9 Å². The predicted octanol–water partition coefficient (Wildman–Crippen LogP) is 2.27. The van der Waals surface area contributed by atoms with E-state index in [9.17, 15) is 4.79 Å². The minimum atomic E-state index is -0.214. The van der Waals surface area contributed by atoms with Crippen LogP contribution in [0.25, 0.3) is 11.4 Å². The summed E-state index contributed by atoms with van der Waals surface area (Å²) < 4.78 is 0. The molecular weight excluding hydrogens is 290 g/mol. The summed E-state index contributed by atoms with van der Waals surface area (Å²) in [7, 11) is 0. The number of carbonyl (C=O) groups excluding carboxylic acids is 1. The summed E-state index contributed by atoms with van der Waals surface area (Å²) in [5, 5.41) is 3.26. The van der Waals surface area contributed by atoms with Gasteiger partial charge in [0.2, 0.25) is 5.91 Å². The Morgan fingerprint density at radius 2 is 2.17 bits per heavy atom. The van der Waals surface area contributed by atoms with E-state index in [1.807, 2.05) is 43.9 Å². The minimum Gasteiger partial charge on any atom is -0.358 e. The lowest BCUT2D eigenvalue weighted by molar-refractivity contribution is -0.129. The summed E-state index contributed by atoms with van der Waals surface area (Å²) in [6.45, 7) is 6.78. The number of aromatic nitrogens is 3. The summed E-state index contributed by atoms with van der Waals surface area (Å²) in [6.07, 6.45) is 4.25. The molecule has 1 N–H and O–H groups in total. The number of hydrogen-bond donors (Lipinski definition) is 1. The van der Waals surface area contributed by atoms with Crippen LogP contribution >= 0.6 is 0 Å². The molecule has 3 rings (SSSR count). The molecule has 0 aromatic carbocycles. The van der Waals surface area contributed by atoms with Crippen LogP contribution in [0.5, 0.6) is 0 Å². The molecule has 3 heterocycles. The number of hydrogen-bond acceptors (Lipinski definition) is 5. The molecule has 2 aromatic rings. The number of aryl methyl sites for hydroxylation is 1. The fourth-order valence-corrected chi connectivity index (χ4v) is 2.79. The van der Waals surface area contributed by atoms with Gasteiger partial charge in [-0.2, -0.15) is 0 Å². The second kappa shape index (κ2) is 6.32. The van der Waals surface area contributed by atoms with E-state index in [0.717, 1.165) is 24.2 Å². The summed E-state index contributed by atoms with van der Waals surface area (Å²) in [5.74, 6) is 1.44. The molecule has 0 spiro atoms. The molecule has 1 aliphatic rings. The van der Waals surface area contributed by atoms with Crippen LogP contribution in [0.15, 0.2) is 30.6 Å². The summed E-state index contributed by atoms with van der Waals surface area (Å²) in [5.41, 5.74) is 1.72. The normalized spacial score (nSPS) is 17.8. The van der Waals surface area contributed by atoms with Crippen molar-refractivity contribution in [2.45, 2.75) is 39.3 Å². The number of likely N-dealkylation sites (tertiary alicyclic amines) is 1. The molecular formula is C17H21N5O. The van der Waals surface area contributed by atoms with E-state index >= 15 is 0 Å². The zero-order valence-corrected chi connectivity index (χ0v) is 13.7. The first-order chi connectivity index (χ1) is 11.0. The van der Waals surface area contributed by atoms with E-state index in [2.05, 4.69) is 20.3 Å². The highest BCUT2D eigenvalue weighted by atomic mass is 16.2. The second-order valence-corrected chi connectivity index (χ2v) is 6.07. The standard InChI is InChI=1S/C17H21N5O/c1-11(2)22-8-6-14(17(22)23)20-15-9-12(3)19-16(21-15)13-5-4-7-18-10-13/h4-5,7,9-11,14H,6,8H2,1-3H3,(H,19,20,21). The number of rotatable bonds is 4. The van der Waals surface area contributed by atoms with Gasteiger partial charge < -0.3 is 10.2 Å². The van der Waals surface area contributed by atoms with Gasteiger partial charge in [-0.15, -0.1) is 0 Å². The molecule has 1 atom stereocenters. The number of carbonyl (C=O) groups is 1. The van der Waals surface area contributed by atoms with Crippen molar-refractivity contribution < 1.29 is 4.79 Å². The number of nitrogens with one attached hydrogen (secondary N) is 1. The molecule has 1 amide bonds. The van der Waals surface area contributed by atoms with Gasteiger partial charge in [0.05, 0.1) is 0 Å². The van der Waals surface area contributed by atoms with E-state index in [1.165, 1.54) is 0 Å². The van der Waals surface area contributed by atoms with Crippen LogP contribution in [0.2, 0.25) is 0 Å². The average Bonchev–Trinajstić information content (AvgIpc) is 2.89. The lowest BCUT2D eigenvalue weighted by Gasteiger charge is -2.21. The van der Waals surface area contributed by atoms with Gasteiger partial charge >= 0.3 is 0 Å². The van der Waals surface area contributed by atoms with Crippen LogP contribution in [-0.2, 0) is 4.79 Å². The maximum absolute atomic E-state index is 12.4. The van der Waals surface area contributed by atoms with Gasteiger partial charge in [-0.25, -0.2) is 9.97 Å². The Balaban J connectivity index is 1.82. The van der Waals surface area contributed by atoms with Crippen molar-refractivity contribution in [3.8, 4) is 11.4 Å². The highest BCUT2D eigenvalue weighted by Crippen LogP contribution is 2.21. The Kier molecular flexibility index (Phi) is 4.23. The monoisotopic (exact) mass is 311 g/mol. The number of nitrogens with zero attached hydrogens (tertiary/aromatic N) is 4. The molecule has 0 aliphatic carbocycles. The zero-order valence-electron chi connectivity index (χ0n) is 13.7. The SMILES string of the molecule is Cc1cc(NC2CCN(C(C)C)C2=O)nc(-c2cccnc2)n1. The Morgan fingerprint density at radius 1 is 1.35 bits per heavy atom. The molecule has 0 radical (unpaired) electrons. The lowest BCUT2D eigenvalue weighted by atomic mass is 10.2. The number of amides is 1. The second-order valence-electron chi connectivity index (χ2n) is 6.07. The van der Waals surface area contributed by atoms with Crippen LogP contribution < -0.4 is 5.32 Å². The van der Waals surface area contributed by atoms with Crippen molar-refractivity contribution >= 4 is 11.7 Å². The summed E-state index contributed by atoms with van der Waals surface area (Å²) >= 11 is 0. The van der Waals surface area contributed by atoms with E-state index in [1.54, 1.807) is 12.4 Å². The average molecular weight is 311 g/mol. The predicted molar refractivity (Wildman–Crippen MR) is 88.9 cm³/mol. The van der Waals surface area contributed by atoms with Crippen LogP contribution in [-0.4, -0.2) is 44.4 Å². The Labute approximate surface area is 136 Å². The third-order valence-corrected chi connectivity index (χ3v) is 3.96. The lowest BCUT2D eigenvalue weighted by Crippen LogP contribution is -2.37. The zero-order chi connectivity index (χ0) is 16.4. The van der Waals surface area contributed by atoms with E-state index in [0.29, 0.717) is 11.6 Å². The van der Waals surface area contributed by atoms with Gasteiger partial charge in [-0.1, -0.05) is 0 Å².